The van der Waals surface area contributed by atoms with Crippen molar-refractivity contribution < 1.29 is 9.90 Å². The molecular formula is C9H16O2. The maximum Gasteiger partial charge on any atom is 0.303 e. The molecule has 11 heavy (non-hydrogen) atoms. The van der Waals surface area contributed by atoms with E-state index in [0.29, 0.717) is 0 Å². The van der Waals surface area contributed by atoms with Crippen LogP contribution in [0.5, 0.6) is 0 Å². The first kappa shape index (κ1) is 10.2. The molecule has 2 heteroatoms. The molecule has 0 aromatic rings. The molecule has 0 aliphatic heterocycles. The van der Waals surface area contributed by atoms with E-state index in [0.717, 1.165) is 12.8 Å². The summed E-state index contributed by atoms with van der Waals surface area (Å²) >= 11 is 0. The van der Waals surface area contributed by atoms with Crippen LogP contribution in [0, 0.1) is 5.92 Å². The summed E-state index contributed by atoms with van der Waals surface area (Å²) in [7, 11) is 0. The Kier molecular flexibility index (Phi) is 5.53. The molecule has 64 valence electrons. The molecule has 0 spiro atoms. The van der Waals surface area contributed by atoms with Crippen molar-refractivity contribution in [1.29, 1.82) is 0 Å². The number of carboxylic acid groups (broad SMARTS) is 1. The van der Waals surface area contributed by atoms with Crippen LogP contribution < -0.4 is 0 Å². The highest BCUT2D eigenvalue weighted by Gasteiger charge is 2.06. The lowest BCUT2D eigenvalue weighted by atomic mass is 10.0. The van der Waals surface area contributed by atoms with Crippen molar-refractivity contribution in [3.63, 3.8) is 0 Å². The Labute approximate surface area is 67.9 Å². The van der Waals surface area contributed by atoms with Crippen molar-refractivity contribution in [1.82, 2.24) is 0 Å². The lowest BCUT2D eigenvalue weighted by Crippen LogP contribution is -2.03. The quantitative estimate of drug-likeness (QED) is 0.621. The molecular weight excluding hydrogens is 140 g/mol. The Bertz CT molecular complexity index is 138. The first-order chi connectivity index (χ1) is 5.20. The predicted octanol–water partition coefficient (Wildman–Crippen LogP) is 2.45. The highest BCUT2D eigenvalue weighted by molar-refractivity contribution is 5.67. The molecule has 0 bridgehead atoms. The van der Waals surface area contributed by atoms with Gasteiger partial charge in [0.1, 0.15) is 0 Å². The molecule has 0 unspecified atom stereocenters. The molecule has 1 atom stereocenters. The summed E-state index contributed by atoms with van der Waals surface area (Å²) in [4.78, 5) is 10.3. The van der Waals surface area contributed by atoms with Gasteiger partial charge in [0.2, 0.25) is 0 Å². The largest absolute Gasteiger partial charge is 0.481 e. The average Bonchev–Trinajstić information content (AvgIpc) is 1.97. The molecule has 2 nitrogen and oxygen atoms in total. The summed E-state index contributed by atoms with van der Waals surface area (Å²) in [5, 5.41) is 8.48. The minimum absolute atomic E-state index is 0.215. The molecule has 0 saturated heterocycles. The number of carboxylic acids is 1. The number of allylic oxidation sites excluding steroid dienone is 2. The first-order valence-corrected chi connectivity index (χ1v) is 4.09. The summed E-state index contributed by atoms with van der Waals surface area (Å²) in [6.45, 7) is 4.05. The van der Waals surface area contributed by atoms with Gasteiger partial charge < -0.3 is 5.11 Å². The van der Waals surface area contributed by atoms with Gasteiger partial charge in [0.15, 0.2) is 0 Å². The fourth-order valence-corrected chi connectivity index (χ4v) is 0.901. The standard InChI is InChI=1S/C9H16O2/c1-3-5-6-8(4-2)7-9(10)11/h5-6,8H,3-4,7H2,1-2H3,(H,10,11)/b6-5+/t8-/m0/s1. The van der Waals surface area contributed by atoms with E-state index in [2.05, 4.69) is 0 Å². The third-order valence-electron chi connectivity index (χ3n) is 1.61. The first-order valence-electron chi connectivity index (χ1n) is 4.09. The van der Waals surface area contributed by atoms with Gasteiger partial charge in [-0.1, -0.05) is 26.0 Å². The van der Waals surface area contributed by atoms with Gasteiger partial charge in [-0.3, -0.25) is 4.79 Å². The summed E-state index contributed by atoms with van der Waals surface area (Å²) < 4.78 is 0. The van der Waals surface area contributed by atoms with Crippen molar-refractivity contribution in [3.05, 3.63) is 12.2 Å². The van der Waals surface area contributed by atoms with E-state index in [4.69, 9.17) is 5.11 Å². The summed E-state index contributed by atoms with van der Waals surface area (Å²) in [6, 6.07) is 0. The Morgan fingerprint density at radius 1 is 1.55 bits per heavy atom. The Hall–Kier alpha value is -0.790. The van der Waals surface area contributed by atoms with Gasteiger partial charge in [-0.05, 0) is 18.8 Å². The van der Waals surface area contributed by atoms with Crippen molar-refractivity contribution in [2.45, 2.75) is 33.1 Å². The van der Waals surface area contributed by atoms with Gasteiger partial charge in [0.05, 0.1) is 6.42 Å². The van der Waals surface area contributed by atoms with E-state index in [-0.39, 0.29) is 12.3 Å². The maximum absolute atomic E-state index is 10.3. The lowest BCUT2D eigenvalue weighted by molar-refractivity contribution is -0.137. The van der Waals surface area contributed by atoms with E-state index in [1.807, 2.05) is 26.0 Å². The molecule has 0 saturated carbocycles. The number of carbonyl (C=O) groups is 1. The number of hydrogen-bond donors (Lipinski definition) is 1. The van der Waals surface area contributed by atoms with Crippen molar-refractivity contribution in [2.24, 2.45) is 5.92 Å². The maximum atomic E-state index is 10.3. The van der Waals surface area contributed by atoms with Crippen LogP contribution >= 0.6 is 0 Å². The normalized spacial score (nSPS) is 13.6. The zero-order valence-electron chi connectivity index (χ0n) is 7.21. The van der Waals surface area contributed by atoms with E-state index in [1.54, 1.807) is 0 Å². The SMILES string of the molecule is CC/C=C/[C@H](CC)CC(=O)O. The second kappa shape index (κ2) is 5.96. The van der Waals surface area contributed by atoms with Crippen LogP contribution in [0.2, 0.25) is 0 Å². The number of hydrogen-bond acceptors (Lipinski definition) is 1. The molecule has 0 amide bonds. The van der Waals surface area contributed by atoms with E-state index in [9.17, 15) is 4.79 Å². The molecule has 0 aliphatic rings. The zero-order valence-corrected chi connectivity index (χ0v) is 7.21. The van der Waals surface area contributed by atoms with E-state index in [1.165, 1.54) is 0 Å². The highest BCUT2D eigenvalue weighted by atomic mass is 16.4. The second-order valence-corrected chi connectivity index (χ2v) is 2.60. The van der Waals surface area contributed by atoms with Crippen LogP contribution in [0.4, 0.5) is 0 Å². The summed E-state index contributed by atoms with van der Waals surface area (Å²) in [5.74, 6) is -0.495. The van der Waals surface area contributed by atoms with Gasteiger partial charge in [-0.25, -0.2) is 0 Å². The monoisotopic (exact) mass is 156 g/mol. The van der Waals surface area contributed by atoms with Gasteiger partial charge in [-0.15, -0.1) is 0 Å². The Morgan fingerprint density at radius 2 is 2.18 bits per heavy atom. The number of aliphatic carboxylic acids is 1. The summed E-state index contributed by atoms with van der Waals surface area (Å²) in [6.07, 6.45) is 6.16. The molecule has 0 aromatic heterocycles. The topological polar surface area (TPSA) is 37.3 Å². The van der Waals surface area contributed by atoms with Crippen molar-refractivity contribution >= 4 is 5.97 Å². The fourth-order valence-electron chi connectivity index (χ4n) is 0.901. The van der Waals surface area contributed by atoms with Crippen LogP contribution in [0.25, 0.3) is 0 Å². The second-order valence-electron chi connectivity index (χ2n) is 2.60. The average molecular weight is 156 g/mol. The Morgan fingerprint density at radius 3 is 2.55 bits per heavy atom. The molecule has 0 rings (SSSR count). The molecule has 0 radical (unpaired) electrons. The molecule has 0 heterocycles. The van der Waals surface area contributed by atoms with Crippen LogP contribution in [-0.4, -0.2) is 11.1 Å². The van der Waals surface area contributed by atoms with Crippen LogP contribution in [0.1, 0.15) is 33.1 Å². The third-order valence-corrected chi connectivity index (χ3v) is 1.61. The molecule has 1 N–H and O–H groups in total. The van der Waals surface area contributed by atoms with Crippen molar-refractivity contribution in [2.75, 3.05) is 0 Å². The van der Waals surface area contributed by atoms with Crippen molar-refractivity contribution in [3.8, 4) is 0 Å². The van der Waals surface area contributed by atoms with Gasteiger partial charge in [-0.2, -0.15) is 0 Å². The lowest BCUT2D eigenvalue weighted by Gasteiger charge is -2.04. The van der Waals surface area contributed by atoms with Gasteiger partial charge >= 0.3 is 5.97 Å². The zero-order chi connectivity index (χ0) is 8.69. The van der Waals surface area contributed by atoms with Crippen LogP contribution in [0.15, 0.2) is 12.2 Å². The Balaban J connectivity index is 3.75. The smallest absolute Gasteiger partial charge is 0.303 e. The van der Waals surface area contributed by atoms with E-state index < -0.39 is 5.97 Å². The van der Waals surface area contributed by atoms with Gasteiger partial charge in [0, 0.05) is 0 Å². The molecule has 0 aromatic carbocycles. The fraction of sp³-hybridized carbons (Fsp3) is 0.667. The third kappa shape index (κ3) is 5.64. The summed E-state index contributed by atoms with van der Waals surface area (Å²) in [5.41, 5.74) is 0. The minimum Gasteiger partial charge on any atom is -0.481 e. The van der Waals surface area contributed by atoms with Gasteiger partial charge in [0.25, 0.3) is 0 Å². The molecule has 0 aliphatic carbocycles. The minimum atomic E-state index is -0.711. The molecule has 0 fully saturated rings. The van der Waals surface area contributed by atoms with Crippen LogP contribution in [0.3, 0.4) is 0 Å². The predicted molar refractivity (Wildman–Crippen MR) is 45.5 cm³/mol. The number of rotatable bonds is 5. The van der Waals surface area contributed by atoms with Crippen LogP contribution in [-0.2, 0) is 4.79 Å². The highest BCUT2D eigenvalue weighted by Crippen LogP contribution is 2.09. The van der Waals surface area contributed by atoms with E-state index >= 15 is 0 Å².